The summed E-state index contributed by atoms with van der Waals surface area (Å²) in [5.74, 6) is 7.35. The number of hydrogen-bond donors (Lipinski definition) is 2. The Hall–Kier alpha value is -4.74. The first kappa shape index (κ1) is 25.9. The van der Waals surface area contributed by atoms with E-state index < -0.39 is 0 Å². The third-order valence-corrected chi connectivity index (χ3v) is 6.44. The molecular formula is C31H30N6O2. The van der Waals surface area contributed by atoms with Crippen LogP contribution in [-0.2, 0) is 17.7 Å². The predicted octanol–water partition coefficient (Wildman–Crippen LogP) is 4.36. The maximum atomic E-state index is 12.7. The van der Waals surface area contributed by atoms with Crippen molar-refractivity contribution in [2.24, 2.45) is 0 Å². The van der Waals surface area contributed by atoms with E-state index >= 15 is 0 Å². The molecule has 0 aliphatic carbocycles. The molecule has 3 N–H and O–H groups in total. The number of carbonyl (C=O) groups is 1. The number of amides is 1. The van der Waals surface area contributed by atoms with Crippen LogP contribution in [0.2, 0.25) is 0 Å². The number of methoxy groups -OCH3 is 1. The van der Waals surface area contributed by atoms with Crippen LogP contribution in [0.1, 0.15) is 40.2 Å². The summed E-state index contributed by atoms with van der Waals surface area (Å²) >= 11 is 0. The second-order valence-electron chi connectivity index (χ2n) is 9.18. The van der Waals surface area contributed by atoms with Crippen LogP contribution in [0, 0.1) is 11.8 Å². The quantitative estimate of drug-likeness (QED) is 0.222. The Morgan fingerprint density at radius 1 is 1.00 bits per heavy atom. The number of aromatic nitrogens is 4. The highest BCUT2D eigenvalue weighted by atomic mass is 16.5. The Balaban J connectivity index is 1.23. The molecule has 39 heavy (non-hydrogen) atoms. The Bertz CT molecular complexity index is 1670. The summed E-state index contributed by atoms with van der Waals surface area (Å²) in [4.78, 5) is 26.3. The molecule has 1 amide bonds. The molecule has 5 rings (SSSR count). The van der Waals surface area contributed by atoms with Crippen LogP contribution < -0.4 is 11.1 Å². The van der Waals surface area contributed by atoms with Crippen molar-refractivity contribution in [1.82, 2.24) is 24.8 Å². The van der Waals surface area contributed by atoms with E-state index in [0.29, 0.717) is 36.5 Å². The van der Waals surface area contributed by atoms with Crippen molar-refractivity contribution < 1.29 is 9.53 Å². The van der Waals surface area contributed by atoms with Gasteiger partial charge in [0.2, 0.25) is 0 Å². The summed E-state index contributed by atoms with van der Waals surface area (Å²) in [6.07, 6.45) is 5.55. The van der Waals surface area contributed by atoms with Crippen LogP contribution >= 0.6 is 0 Å². The summed E-state index contributed by atoms with van der Waals surface area (Å²) in [6.45, 7) is 1.85. The van der Waals surface area contributed by atoms with Crippen LogP contribution in [0.5, 0.6) is 0 Å². The van der Waals surface area contributed by atoms with E-state index in [4.69, 9.17) is 15.5 Å². The van der Waals surface area contributed by atoms with Gasteiger partial charge in [0.1, 0.15) is 11.3 Å². The molecular weight excluding hydrogens is 488 g/mol. The molecule has 0 aliphatic rings. The van der Waals surface area contributed by atoms with Gasteiger partial charge in [-0.1, -0.05) is 48.2 Å². The van der Waals surface area contributed by atoms with E-state index in [1.54, 1.807) is 25.6 Å². The van der Waals surface area contributed by atoms with Crippen LogP contribution in [0.3, 0.4) is 0 Å². The van der Waals surface area contributed by atoms with E-state index in [-0.39, 0.29) is 5.91 Å². The number of carbonyl (C=O) groups excluding carboxylic acids is 1. The monoisotopic (exact) mass is 518 g/mol. The van der Waals surface area contributed by atoms with Crippen molar-refractivity contribution in [2.75, 3.05) is 26.0 Å². The third-order valence-electron chi connectivity index (χ3n) is 6.44. The molecule has 196 valence electrons. The van der Waals surface area contributed by atoms with Crippen molar-refractivity contribution in [3.63, 3.8) is 0 Å². The van der Waals surface area contributed by atoms with Gasteiger partial charge in [0, 0.05) is 55.5 Å². The lowest BCUT2D eigenvalue weighted by atomic mass is 10.1. The van der Waals surface area contributed by atoms with Gasteiger partial charge in [0.05, 0.1) is 23.2 Å². The molecule has 0 bridgehead atoms. The number of pyridine rings is 2. The molecule has 3 aromatic heterocycles. The van der Waals surface area contributed by atoms with E-state index in [1.165, 1.54) is 0 Å². The van der Waals surface area contributed by atoms with Gasteiger partial charge in [-0.05, 0) is 37.1 Å². The lowest BCUT2D eigenvalue weighted by Crippen LogP contribution is -2.25. The van der Waals surface area contributed by atoms with Crippen molar-refractivity contribution >= 4 is 33.7 Å². The fraction of sp³-hybridized carbons (Fsp3) is 0.226. The lowest BCUT2D eigenvalue weighted by Gasteiger charge is -2.11. The molecule has 0 unspecified atom stereocenters. The van der Waals surface area contributed by atoms with Gasteiger partial charge in [-0.15, -0.1) is 0 Å². The standard InChI is InChI=1S/C31H30N6O2/c1-39-18-15-27-36-28-29(25-11-5-6-12-26(25)35-30(28)32)37(27)17-8-7-16-34-31(38)24-19-23(20-33-21-24)14-13-22-9-3-2-4-10-22/h2-6,9-12,19-21H,7-8,15-18H2,1H3,(H2,32,35)(H,34,38). The van der Waals surface area contributed by atoms with Gasteiger partial charge < -0.3 is 20.4 Å². The average molecular weight is 519 g/mol. The normalized spacial score (nSPS) is 10.9. The smallest absolute Gasteiger partial charge is 0.252 e. The zero-order chi connectivity index (χ0) is 27.0. The van der Waals surface area contributed by atoms with Gasteiger partial charge in [0.15, 0.2) is 5.82 Å². The average Bonchev–Trinajstić information content (AvgIpc) is 3.34. The number of nitrogens with one attached hydrogen (secondary N) is 1. The van der Waals surface area contributed by atoms with Crippen molar-refractivity contribution in [2.45, 2.75) is 25.8 Å². The Kier molecular flexibility index (Phi) is 8.10. The topological polar surface area (TPSA) is 108 Å². The van der Waals surface area contributed by atoms with Crippen LogP contribution in [-0.4, -0.2) is 45.7 Å². The second-order valence-corrected chi connectivity index (χ2v) is 9.18. The van der Waals surface area contributed by atoms with Crippen LogP contribution in [0.4, 0.5) is 5.82 Å². The maximum absolute atomic E-state index is 12.7. The van der Waals surface area contributed by atoms with Crippen molar-refractivity contribution in [3.05, 3.63) is 95.6 Å². The highest BCUT2D eigenvalue weighted by molar-refractivity contribution is 6.06. The Morgan fingerprint density at radius 2 is 1.79 bits per heavy atom. The molecule has 0 radical (unpaired) electrons. The van der Waals surface area contributed by atoms with Crippen LogP contribution in [0.15, 0.2) is 73.1 Å². The number of ether oxygens (including phenoxy) is 1. The first-order valence-electron chi connectivity index (χ1n) is 13.0. The van der Waals surface area contributed by atoms with E-state index in [0.717, 1.165) is 52.7 Å². The number of nitrogens with zero attached hydrogens (tertiary/aromatic N) is 4. The molecule has 0 saturated heterocycles. The first-order chi connectivity index (χ1) is 19.1. The highest BCUT2D eigenvalue weighted by Gasteiger charge is 2.17. The molecule has 0 aliphatic heterocycles. The second kappa shape index (κ2) is 12.2. The number of rotatable bonds is 9. The zero-order valence-corrected chi connectivity index (χ0v) is 21.9. The lowest BCUT2D eigenvalue weighted by molar-refractivity contribution is 0.0952. The molecule has 0 fully saturated rings. The number of nitrogens with two attached hydrogens (primary N) is 1. The number of imidazole rings is 1. The summed E-state index contributed by atoms with van der Waals surface area (Å²) in [6, 6.07) is 19.4. The number of aryl methyl sites for hydroxylation is 1. The summed E-state index contributed by atoms with van der Waals surface area (Å²) in [5.41, 5.74) is 10.9. The number of para-hydroxylation sites is 1. The number of anilines is 1. The molecule has 8 nitrogen and oxygen atoms in total. The minimum atomic E-state index is -0.162. The predicted molar refractivity (Wildman–Crippen MR) is 153 cm³/mol. The summed E-state index contributed by atoms with van der Waals surface area (Å²) in [5, 5.41) is 4.03. The SMILES string of the molecule is COCCc1nc2c(N)nc3ccccc3c2n1CCCCNC(=O)c1cncc(C#Cc2ccccc2)c1. The van der Waals surface area contributed by atoms with E-state index in [1.807, 2.05) is 48.5 Å². The summed E-state index contributed by atoms with van der Waals surface area (Å²) < 4.78 is 7.53. The van der Waals surface area contributed by atoms with Crippen molar-refractivity contribution in [3.8, 4) is 11.8 Å². The molecule has 5 aromatic rings. The van der Waals surface area contributed by atoms with Gasteiger partial charge >= 0.3 is 0 Å². The third kappa shape index (κ3) is 6.06. The number of fused-ring (bicyclic) bond motifs is 3. The fourth-order valence-corrected chi connectivity index (χ4v) is 4.53. The van der Waals surface area contributed by atoms with E-state index in [9.17, 15) is 4.79 Å². The molecule has 8 heteroatoms. The molecule has 3 heterocycles. The Morgan fingerprint density at radius 3 is 2.64 bits per heavy atom. The molecule has 2 aromatic carbocycles. The highest BCUT2D eigenvalue weighted by Crippen LogP contribution is 2.29. The number of nitrogen functional groups attached to an aromatic ring is 1. The van der Waals surface area contributed by atoms with Gasteiger partial charge in [0.25, 0.3) is 5.91 Å². The first-order valence-corrected chi connectivity index (χ1v) is 13.0. The molecule has 0 atom stereocenters. The molecule has 0 spiro atoms. The van der Waals surface area contributed by atoms with E-state index in [2.05, 4.69) is 37.8 Å². The largest absolute Gasteiger partial charge is 0.384 e. The Labute approximate surface area is 227 Å². The fourth-order valence-electron chi connectivity index (χ4n) is 4.53. The number of unbranched alkanes of at least 4 members (excludes halogenated alkanes) is 1. The zero-order valence-electron chi connectivity index (χ0n) is 21.9. The van der Waals surface area contributed by atoms with Gasteiger partial charge in [-0.3, -0.25) is 9.78 Å². The maximum Gasteiger partial charge on any atom is 0.252 e. The molecule has 0 saturated carbocycles. The van der Waals surface area contributed by atoms with Gasteiger partial charge in [-0.25, -0.2) is 9.97 Å². The van der Waals surface area contributed by atoms with Gasteiger partial charge in [-0.2, -0.15) is 0 Å². The number of benzene rings is 2. The van der Waals surface area contributed by atoms with Crippen molar-refractivity contribution in [1.29, 1.82) is 0 Å². The minimum absolute atomic E-state index is 0.162. The van der Waals surface area contributed by atoms with Crippen LogP contribution in [0.25, 0.3) is 21.9 Å². The number of hydrogen-bond acceptors (Lipinski definition) is 6. The summed E-state index contributed by atoms with van der Waals surface area (Å²) in [7, 11) is 1.68. The minimum Gasteiger partial charge on any atom is -0.384 e.